The minimum absolute atomic E-state index is 0.509. The first-order chi connectivity index (χ1) is 9.24. The quantitative estimate of drug-likeness (QED) is 0.810. The summed E-state index contributed by atoms with van der Waals surface area (Å²) in [6.45, 7) is 5.00. The number of nitriles is 1. The van der Waals surface area contributed by atoms with Crippen molar-refractivity contribution in [2.45, 2.75) is 52.4 Å². The van der Waals surface area contributed by atoms with Crippen molar-refractivity contribution in [3.8, 4) is 11.9 Å². The molecule has 3 heteroatoms. The van der Waals surface area contributed by atoms with E-state index in [0.29, 0.717) is 24.0 Å². The highest BCUT2D eigenvalue weighted by molar-refractivity contribution is 5.43. The third kappa shape index (κ3) is 3.47. The molecule has 1 aliphatic rings. The van der Waals surface area contributed by atoms with Crippen molar-refractivity contribution in [1.29, 1.82) is 5.26 Å². The fourth-order valence-electron chi connectivity index (χ4n) is 2.60. The molecule has 1 heterocycles. The zero-order valence-corrected chi connectivity index (χ0v) is 11.9. The Morgan fingerprint density at radius 3 is 2.95 bits per heavy atom. The fourth-order valence-corrected chi connectivity index (χ4v) is 2.60. The number of ether oxygens (including phenoxy) is 1. The molecule has 1 unspecified atom stereocenters. The monoisotopic (exact) mass is 258 g/mol. The molecule has 0 aliphatic heterocycles. The molecular weight excluding hydrogens is 236 g/mol. The minimum atomic E-state index is 0.509. The number of pyridine rings is 1. The van der Waals surface area contributed by atoms with Gasteiger partial charge in [-0.3, -0.25) is 0 Å². The summed E-state index contributed by atoms with van der Waals surface area (Å²) in [6, 6.07) is 4.19. The van der Waals surface area contributed by atoms with Crippen LogP contribution in [-0.2, 0) is 12.8 Å². The Morgan fingerprint density at radius 2 is 2.21 bits per heavy atom. The van der Waals surface area contributed by atoms with E-state index in [1.165, 1.54) is 18.4 Å². The van der Waals surface area contributed by atoms with Crippen molar-refractivity contribution >= 4 is 0 Å². The van der Waals surface area contributed by atoms with Crippen molar-refractivity contribution in [1.82, 2.24) is 4.98 Å². The number of hydrogen-bond acceptors (Lipinski definition) is 3. The second-order valence-corrected chi connectivity index (χ2v) is 5.47. The largest absolute Gasteiger partial charge is 0.476 e. The number of aryl methyl sites for hydroxylation is 2. The summed E-state index contributed by atoms with van der Waals surface area (Å²) in [5, 5.41) is 9.22. The van der Waals surface area contributed by atoms with Crippen molar-refractivity contribution in [2.24, 2.45) is 5.92 Å². The number of hydrogen-bond donors (Lipinski definition) is 0. The van der Waals surface area contributed by atoms with Gasteiger partial charge in [-0.1, -0.05) is 20.3 Å². The fraction of sp³-hybridized carbons (Fsp3) is 0.625. The van der Waals surface area contributed by atoms with Crippen molar-refractivity contribution in [3.63, 3.8) is 0 Å². The Labute approximate surface area is 115 Å². The van der Waals surface area contributed by atoms with Crippen LogP contribution in [0.4, 0.5) is 0 Å². The number of aromatic nitrogens is 1. The van der Waals surface area contributed by atoms with Crippen molar-refractivity contribution < 1.29 is 4.74 Å². The first-order valence-corrected chi connectivity index (χ1v) is 7.30. The molecule has 0 saturated carbocycles. The van der Waals surface area contributed by atoms with Gasteiger partial charge in [0.05, 0.1) is 6.61 Å². The van der Waals surface area contributed by atoms with Crippen LogP contribution in [0, 0.1) is 17.2 Å². The lowest BCUT2D eigenvalue weighted by molar-refractivity contribution is 0.241. The average Bonchev–Trinajstić information content (AvgIpc) is 2.44. The molecule has 0 spiro atoms. The standard InChI is InChI=1S/C16H22N2O/c1-3-6-12(2)11-19-16-14(10-17)9-13-7-4-5-8-15(13)18-16/h9,12H,3-8,11H2,1-2H3. The van der Waals surface area contributed by atoms with Gasteiger partial charge in [0.25, 0.3) is 0 Å². The molecule has 1 atom stereocenters. The Hall–Kier alpha value is -1.56. The molecular formula is C16H22N2O. The number of fused-ring (bicyclic) bond motifs is 1. The molecule has 1 aliphatic carbocycles. The zero-order chi connectivity index (χ0) is 13.7. The highest BCUT2D eigenvalue weighted by Gasteiger charge is 2.16. The molecule has 1 aromatic heterocycles. The summed E-state index contributed by atoms with van der Waals surface area (Å²) in [5.41, 5.74) is 2.95. The molecule has 0 amide bonds. The molecule has 0 bridgehead atoms. The van der Waals surface area contributed by atoms with Gasteiger partial charge in [0.1, 0.15) is 11.6 Å². The number of nitrogens with zero attached hydrogens (tertiary/aromatic N) is 2. The van der Waals surface area contributed by atoms with Crippen LogP contribution in [0.5, 0.6) is 5.88 Å². The van der Waals surface area contributed by atoms with Crippen LogP contribution in [-0.4, -0.2) is 11.6 Å². The molecule has 2 rings (SSSR count). The number of rotatable bonds is 5. The van der Waals surface area contributed by atoms with E-state index in [4.69, 9.17) is 4.74 Å². The Morgan fingerprint density at radius 1 is 1.42 bits per heavy atom. The van der Waals surface area contributed by atoms with E-state index in [1.54, 1.807) is 0 Å². The van der Waals surface area contributed by atoms with Crippen LogP contribution < -0.4 is 4.74 Å². The van der Waals surface area contributed by atoms with Crippen LogP contribution in [0.2, 0.25) is 0 Å². The van der Waals surface area contributed by atoms with E-state index in [9.17, 15) is 5.26 Å². The maximum atomic E-state index is 9.22. The molecule has 0 saturated heterocycles. The van der Waals surface area contributed by atoms with Crippen LogP contribution in [0.3, 0.4) is 0 Å². The molecule has 0 radical (unpaired) electrons. The lowest BCUT2D eigenvalue weighted by Gasteiger charge is -2.18. The van der Waals surface area contributed by atoms with E-state index < -0.39 is 0 Å². The van der Waals surface area contributed by atoms with Gasteiger partial charge in [0.2, 0.25) is 5.88 Å². The molecule has 0 fully saturated rings. The maximum absolute atomic E-state index is 9.22. The summed E-state index contributed by atoms with van der Waals surface area (Å²) in [5.74, 6) is 1.04. The van der Waals surface area contributed by atoms with E-state index in [-0.39, 0.29) is 0 Å². The summed E-state index contributed by atoms with van der Waals surface area (Å²) in [7, 11) is 0. The predicted molar refractivity (Wildman–Crippen MR) is 75.2 cm³/mol. The van der Waals surface area contributed by atoms with E-state index in [1.807, 2.05) is 6.07 Å². The van der Waals surface area contributed by atoms with Gasteiger partial charge in [0, 0.05) is 5.69 Å². The second-order valence-electron chi connectivity index (χ2n) is 5.47. The van der Waals surface area contributed by atoms with Crippen molar-refractivity contribution in [3.05, 3.63) is 22.9 Å². The Kier molecular flexibility index (Phi) is 4.79. The zero-order valence-electron chi connectivity index (χ0n) is 11.9. The molecule has 0 N–H and O–H groups in total. The molecule has 0 aromatic carbocycles. The van der Waals surface area contributed by atoms with Gasteiger partial charge in [-0.15, -0.1) is 0 Å². The topological polar surface area (TPSA) is 45.9 Å². The maximum Gasteiger partial charge on any atom is 0.231 e. The van der Waals surface area contributed by atoms with Gasteiger partial charge >= 0.3 is 0 Å². The Bertz CT molecular complexity index is 476. The third-order valence-corrected chi connectivity index (χ3v) is 3.67. The third-order valence-electron chi connectivity index (χ3n) is 3.67. The lowest BCUT2D eigenvalue weighted by atomic mass is 9.95. The van der Waals surface area contributed by atoms with Gasteiger partial charge in [0.15, 0.2) is 0 Å². The summed E-state index contributed by atoms with van der Waals surface area (Å²) in [6.07, 6.45) is 6.76. The van der Waals surface area contributed by atoms with Gasteiger partial charge < -0.3 is 4.74 Å². The normalized spacial score (nSPS) is 15.4. The van der Waals surface area contributed by atoms with Crippen LogP contribution in [0.1, 0.15) is 56.4 Å². The highest BCUT2D eigenvalue weighted by Crippen LogP contribution is 2.26. The predicted octanol–water partition coefficient (Wildman–Crippen LogP) is 3.65. The Balaban J connectivity index is 2.13. The first kappa shape index (κ1) is 13.9. The van der Waals surface area contributed by atoms with E-state index in [0.717, 1.165) is 31.4 Å². The van der Waals surface area contributed by atoms with E-state index >= 15 is 0 Å². The first-order valence-electron chi connectivity index (χ1n) is 7.30. The summed E-state index contributed by atoms with van der Waals surface area (Å²) in [4.78, 5) is 4.57. The molecule has 1 aromatic rings. The second kappa shape index (κ2) is 6.56. The molecule has 3 nitrogen and oxygen atoms in total. The average molecular weight is 258 g/mol. The van der Waals surface area contributed by atoms with Gasteiger partial charge in [-0.25, -0.2) is 4.98 Å². The minimum Gasteiger partial charge on any atom is -0.476 e. The summed E-state index contributed by atoms with van der Waals surface area (Å²) >= 11 is 0. The highest BCUT2D eigenvalue weighted by atomic mass is 16.5. The molecule has 19 heavy (non-hydrogen) atoms. The van der Waals surface area contributed by atoms with Crippen LogP contribution in [0.15, 0.2) is 6.07 Å². The van der Waals surface area contributed by atoms with Crippen molar-refractivity contribution in [2.75, 3.05) is 6.61 Å². The van der Waals surface area contributed by atoms with Gasteiger partial charge in [-0.2, -0.15) is 5.26 Å². The van der Waals surface area contributed by atoms with Gasteiger partial charge in [-0.05, 0) is 49.7 Å². The SMILES string of the molecule is CCCC(C)COc1nc2c(cc1C#N)CCCC2. The summed E-state index contributed by atoms with van der Waals surface area (Å²) < 4.78 is 5.77. The molecule has 102 valence electrons. The lowest BCUT2D eigenvalue weighted by Crippen LogP contribution is -2.13. The van der Waals surface area contributed by atoms with Crippen LogP contribution in [0.25, 0.3) is 0 Å². The van der Waals surface area contributed by atoms with Crippen LogP contribution >= 0.6 is 0 Å². The van der Waals surface area contributed by atoms with E-state index in [2.05, 4.69) is 24.9 Å². The smallest absolute Gasteiger partial charge is 0.231 e.